The van der Waals surface area contributed by atoms with Crippen LogP contribution in [0.25, 0.3) is 0 Å². The molecule has 2 amide bonds. The third-order valence-electron chi connectivity index (χ3n) is 6.89. The van der Waals surface area contributed by atoms with E-state index in [-0.39, 0.29) is 31.4 Å². The second-order valence-corrected chi connectivity index (χ2v) is 10.5. The number of ether oxygens (including phenoxy) is 3. The van der Waals surface area contributed by atoms with Crippen LogP contribution >= 0.6 is 22.6 Å². The van der Waals surface area contributed by atoms with E-state index in [0.717, 1.165) is 19.3 Å². The van der Waals surface area contributed by atoms with Gasteiger partial charge < -0.3 is 34.6 Å². The van der Waals surface area contributed by atoms with Gasteiger partial charge in [0.15, 0.2) is 11.5 Å². The number of nitrogens with zero attached hydrogens (tertiary/aromatic N) is 1. The summed E-state index contributed by atoms with van der Waals surface area (Å²) in [5.41, 5.74) is 0.764. The number of aliphatic hydroxyl groups is 2. The lowest BCUT2D eigenvalue weighted by molar-refractivity contribution is -0.145. The zero-order valence-electron chi connectivity index (χ0n) is 21.9. The average Bonchev–Trinajstić information content (AvgIpc) is 2.88. The minimum atomic E-state index is -1.13. The molecule has 210 valence electrons. The lowest BCUT2D eigenvalue weighted by Crippen LogP contribution is -2.57. The summed E-state index contributed by atoms with van der Waals surface area (Å²) >= 11 is 2.02. The Bertz CT molecular complexity index is 1010. The number of halogens is 1. The van der Waals surface area contributed by atoms with Gasteiger partial charge in [-0.3, -0.25) is 14.4 Å². The number of carbonyl (C=O) groups excluding carboxylic acids is 3. The minimum absolute atomic E-state index is 0.0324. The summed E-state index contributed by atoms with van der Waals surface area (Å²) in [5, 5.41) is 23.4. The van der Waals surface area contributed by atoms with Gasteiger partial charge in [-0.2, -0.15) is 0 Å². The molecule has 0 aromatic heterocycles. The van der Waals surface area contributed by atoms with Crippen molar-refractivity contribution < 1.29 is 38.8 Å². The van der Waals surface area contributed by atoms with E-state index in [1.807, 2.05) is 29.5 Å². The van der Waals surface area contributed by atoms with E-state index in [9.17, 15) is 24.6 Å². The Balaban J connectivity index is 1.95. The van der Waals surface area contributed by atoms with Crippen LogP contribution in [0.1, 0.15) is 49.4 Å². The molecule has 0 spiro atoms. The SMILES string of the molecule is CCOCCCN(C(=O)C1CCC1)C1CC(C(=O)NCCO)=CC(Oc2c(I)cc(C=O)cc2OC)C1O. The molecule has 0 bridgehead atoms. The van der Waals surface area contributed by atoms with Crippen molar-refractivity contribution in [2.24, 2.45) is 5.92 Å². The first-order valence-corrected chi connectivity index (χ1v) is 14.1. The Hall–Kier alpha value is -2.22. The largest absolute Gasteiger partial charge is 0.493 e. The number of nitrogens with one attached hydrogen (secondary N) is 1. The summed E-state index contributed by atoms with van der Waals surface area (Å²) in [6.45, 7) is 3.19. The first-order chi connectivity index (χ1) is 18.3. The molecule has 3 unspecified atom stereocenters. The van der Waals surface area contributed by atoms with Crippen molar-refractivity contribution in [2.75, 3.05) is 40.0 Å². The predicted molar refractivity (Wildman–Crippen MR) is 148 cm³/mol. The third-order valence-corrected chi connectivity index (χ3v) is 7.69. The van der Waals surface area contributed by atoms with Gasteiger partial charge in [0.25, 0.3) is 0 Å². The summed E-state index contributed by atoms with van der Waals surface area (Å²) in [6.07, 6.45) is 3.50. The number of amides is 2. The Morgan fingerprint density at radius 1 is 1.29 bits per heavy atom. The molecule has 0 aliphatic heterocycles. The lowest BCUT2D eigenvalue weighted by Gasteiger charge is -2.43. The van der Waals surface area contributed by atoms with E-state index >= 15 is 0 Å². The molecule has 2 aliphatic rings. The van der Waals surface area contributed by atoms with Gasteiger partial charge in [-0.25, -0.2) is 0 Å². The minimum Gasteiger partial charge on any atom is -0.493 e. The highest BCUT2D eigenvalue weighted by atomic mass is 127. The first-order valence-electron chi connectivity index (χ1n) is 13.0. The smallest absolute Gasteiger partial charge is 0.247 e. The summed E-state index contributed by atoms with van der Waals surface area (Å²) in [5.74, 6) is 0.112. The summed E-state index contributed by atoms with van der Waals surface area (Å²) in [4.78, 5) is 39.5. The molecule has 2 aliphatic carbocycles. The molecule has 0 saturated heterocycles. The molecule has 1 fully saturated rings. The monoisotopic (exact) mass is 644 g/mol. The van der Waals surface area contributed by atoms with Crippen molar-refractivity contribution in [1.82, 2.24) is 10.2 Å². The molecule has 3 atom stereocenters. The van der Waals surface area contributed by atoms with Crippen molar-refractivity contribution in [2.45, 2.75) is 57.3 Å². The van der Waals surface area contributed by atoms with Crippen LogP contribution in [-0.4, -0.2) is 91.5 Å². The van der Waals surface area contributed by atoms with Gasteiger partial charge in [0.05, 0.1) is 23.3 Å². The molecular formula is C27H37IN2O8. The zero-order chi connectivity index (χ0) is 27.7. The quantitative estimate of drug-likeness (QED) is 0.159. The maximum absolute atomic E-state index is 13.5. The van der Waals surface area contributed by atoms with Gasteiger partial charge in [-0.15, -0.1) is 0 Å². The summed E-state index contributed by atoms with van der Waals surface area (Å²) < 4.78 is 17.8. The standard InChI is InChI=1S/C27H37IN2O8/c1-3-37-11-5-9-30(27(35)18-6-4-7-18)21-14-19(26(34)29-8-10-31)15-22(24(21)33)38-25-20(28)12-17(16-32)13-23(25)36-2/h12-13,15-16,18,21-22,24,31,33H,3-11,14H2,1-2H3,(H,29,34). The molecule has 3 rings (SSSR count). The second-order valence-electron chi connectivity index (χ2n) is 9.38. The summed E-state index contributed by atoms with van der Waals surface area (Å²) in [6, 6.07) is 2.47. The molecule has 10 nitrogen and oxygen atoms in total. The van der Waals surface area contributed by atoms with Crippen LogP contribution in [0.3, 0.4) is 0 Å². The van der Waals surface area contributed by atoms with Crippen LogP contribution in [0.15, 0.2) is 23.8 Å². The number of hydrogen-bond acceptors (Lipinski definition) is 8. The van der Waals surface area contributed by atoms with E-state index in [1.54, 1.807) is 17.0 Å². The van der Waals surface area contributed by atoms with Crippen LogP contribution in [-0.2, 0) is 14.3 Å². The Morgan fingerprint density at radius 2 is 2.05 bits per heavy atom. The third kappa shape index (κ3) is 7.45. The fraction of sp³-hybridized carbons (Fsp3) is 0.593. The van der Waals surface area contributed by atoms with Crippen molar-refractivity contribution in [3.8, 4) is 11.5 Å². The van der Waals surface area contributed by atoms with Gasteiger partial charge in [0.1, 0.15) is 18.5 Å². The maximum Gasteiger partial charge on any atom is 0.247 e. The fourth-order valence-corrected chi connectivity index (χ4v) is 5.40. The predicted octanol–water partition coefficient (Wildman–Crippen LogP) is 2.08. The van der Waals surface area contributed by atoms with Crippen molar-refractivity contribution in [1.29, 1.82) is 0 Å². The highest BCUT2D eigenvalue weighted by molar-refractivity contribution is 14.1. The van der Waals surface area contributed by atoms with Crippen LogP contribution in [0.2, 0.25) is 0 Å². The highest BCUT2D eigenvalue weighted by Crippen LogP contribution is 2.37. The van der Waals surface area contributed by atoms with Gasteiger partial charge in [0.2, 0.25) is 11.8 Å². The Kier molecular flexibility index (Phi) is 11.8. The number of carbonyl (C=O) groups is 3. The molecule has 38 heavy (non-hydrogen) atoms. The van der Waals surface area contributed by atoms with E-state index < -0.39 is 24.2 Å². The normalized spacial score (nSPS) is 21.2. The number of aldehydes is 1. The molecular weight excluding hydrogens is 607 g/mol. The number of rotatable bonds is 14. The molecule has 1 aromatic rings. The fourth-order valence-electron chi connectivity index (χ4n) is 4.65. The zero-order valence-corrected chi connectivity index (χ0v) is 24.0. The molecule has 0 heterocycles. The van der Waals surface area contributed by atoms with Crippen molar-refractivity contribution in [3.63, 3.8) is 0 Å². The Morgan fingerprint density at radius 3 is 2.66 bits per heavy atom. The van der Waals surface area contributed by atoms with Gasteiger partial charge >= 0.3 is 0 Å². The topological polar surface area (TPSA) is 135 Å². The average molecular weight is 645 g/mol. The van der Waals surface area contributed by atoms with Gasteiger partial charge in [-0.05, 0) is 67.0 Å². The van der Waals surface area contributed by atoms with E-state index in [1.165, 1.54) is 13.2 Å². The van der Waals surface area contributed by atoms with Crippen LogP contribution < -0.4 is 14.8 Å². The van der Waals surface area contributed by atoms with E-state index in [0.29, 0.717) is 58.7 Å². The van der Waals surface area contributed by atoms with Crippen molar-refractivity contribution >= 4 is 40.7 Å². The molecule has 0 radical (unpaired) electrons. The van der Waals surface area contributed by atoms with Crippen LogP contribution in [0.4, 0.5) is 0 Å². The molecule has 11 heteroatoms. The molecule has 3 N–H and O–H groups in total. The first kappa shape index (κ1) is 30.3. The molecule has 1 saturated carbocycles. The molecule has 1 aromatic carbocycles. The second kappa shape index (κ2) is 14.8. The lowest BCUT2D eigenvalue weighted by atomic mass is 9.82. The van der Waals surface area contributed by atoms with Crippen LogP contribution in [0, 0.1) is 9.49 Å². The van der Waals surface area contributed by atoms with Crippen molar-refractivity contribution in [3.05, 3.63) is 32.9 Å². The van der Waals surface area contributed by atoms with E-state index in [4.69, 9.17) is 14.2 Å². The van der Waals surface area contributed by atoms with Gasteiger partial charge in [0, 0.05) is 49.8 Å². The van der Waals surface area contributed by atoms with Gasteiger partial charge in [-0.1, -0.05) is 6.42 Å². The highest BCUT2D eigenvalue weighted by Gasteiger charge is 2.42. The number of benzene rings is 1. The summed E-state index contributed by atoms with van der Waals surface area (Å²) in [7, 11) is 1.45. The number of methoxy groups -OCH3 is 1. The maximum atomic E-state index is 13.5. The van der Waals surface area contributed by atoms with E-state index in [2.05, 4.69) is 5.32 Å². The Labute approximate surface area is 236 Å². The number of hydrogen-bond donors (Lipinski definition) is 3. The number of aliphatic hydroxyl groups excluding tert-OH is 2. The van der Waals surface area contributed by atoms with Crippen LogP contribution in [0.5, 0.6) is 11.5 Å².